The Morgan fingerprint density at radius 3 is 2.39 bits per heavy atom. The number of alkyl halides is 1. The van der Waals surface area contributed by atoms with Crippen molar-refractivity contribution in [1.29, 1.82) is 5.26 Å². The number of rotatable bonds is 9. The van der Waals surface area contributed by atoms with E-state index in [0.29, 0.717) is 5.57 Å². The van der Waals surface area contributed by atoms with E-state index in [9.17, 15) is 9.65 Å². The normalized spacial score (nSPS) is 14.2. The molecule has 0 rings (SSSR count). The zero-order valence-corrected chi connectivity index (χ0v) is 14.7. The van der Waals surface area contributed by atoms with Crippen LogP contribution in [-0.2, 0) is 0 Å². The highest BCUT2D eigenvalue weighted by atomic mass is 19.1. The summed E-state index contributed by atoms with van der Waals surface area (Å²) in [6.45, 7) is 15.3. The summed E-state index contributed by atoms with van der Waals surface area (Å²) in [6.07, 6.45) is 6.80. The van der Waals surface area contributed by atoms with Gasteiger partial charge in [0.15, 0.2) is 0 Å². The number of halogens is 1. The molecule has 0 aromatic rings. The van der Waals surface area contributed by atoms with Gasteiger partial charge < -0.3 is 0 Å². The fourth-order valence-corrected chi connectivity index (χ4v) is 2.40. The molecule has 0 atom stereocenters. The van der Waals surface area contributed by atoms with E-state index in [1.807, 2.05) is 20.8 Å². The Balaban J connectivity index is 6.02. The molecule has 0 bridgehead atoms. The zero-order chi connectivity index (χ0) is 17.8. The molecule has 3 heteroatoms. The molecule has 124 valence electrons. The number of nitriles is 1. The number of allylic oxidation sites excluding steroid dienone is 8. The fourth-order valence-electron chi connectivity index (χ4n) is 2.40. The van der Waals surface area contributed by atoms with Gasteiger partial charge in [-0.25, -0.2) is 4.39 Å². The molecule has 0 radical (unpaired) electrons. The lowest BCUT2D eigenvalue weighted by Crippen LogP contribution is -1.99. The summed E-state index contributed by atoms with van der Waals surface area (Å²) >= 11 is 0. The molecule has 0 aliphatic carbocycles. The van der Waals surface area contributed by atoms with Crippen molar-refractivity contribution in [2.24, 2.45) is 4.99 Å². The van der Waals surface area contributed by atoms with Crippen molar-refractivity contribution in [2.75, 3.05) is 13.2 Å². The Morgan fingerprint density at radius 1 is 1.30 bits per heavy atom. The number of hydrogen-bond donors (Lipinski definition) is 0. The first-order valence-corrected chi connectivity index (χ1v) is 7.75. The van der Waals surface area contributed by atoms with Crippen LogP contribution in [0.1, 0.15) is 40.5 Å². The van der Waals surface area contributed by atoms with Crippen LogP contribution in [0.2, 0.25) is 0 Å². The van der Waals surface area contributed by atoms with Gasteiger partial charge in [0.2, 0.25) is 0 Å². The van der Waals surface area contributed by atoms with Crippen LogP contribution < -0.4 is 0 Å². The van der Waals surface area contributed by atoms with E-state index in [4.69, 9.17) is 0 Å². The maximum atomic E-state index is 12.3. The molecule has 0 aromatic carbocycles. The molecular weight excluding hydrogens is 287 g/mol. The largest absolute Gasteiger partial charge is 0.290 e. The first-order chi connectivity index (χ1) is 10.9. The van der Waals surface area contributed by atoms with Crippen molar-refractivity contribution in [1.82, 2.24) is 0 Å². The van der Waals surface area contributed by atoms with Crippen molar-refractivity contribution in [2.45, 2.75) is 40.5 Å². The minimum absolute atomic E-state index is 0.0971. The van der Waals surface area contributed by atoms with Crippen LogP contribution in [-0.4, -0.2) is 19.4 Å². The van der Waals surface area contributed by atoms with E-state index in [1.165, 1.54) is 11.6 Å². The van der Waals surface area contributed by atoms with Gasteiger partial charge in [-0.05, 0) is 44.8 Å². The minimum Gasteiger partial charge on any atom is -0.290 e. The Hall–Kier alpha value is -2.21. The van der Waals surface area contributed by atoms with Gasteiger partial charge >= 0.3 is 0 Å². The summed E-state index contributed by atoms with van der Waals surface area (Å²) in [5.74, 6) is 0. The molecule has 0 unspecified atom stereocenters. The number of hydrogen-bond acceptors (Lipinski definition) is 2. The lowest BCUT2D eigenvalue weighted by Gasteiger charge is -2.12. The smallest absolute Gasteiger partial charge is 0.109 e. The van der Waals surface area contributed by atoms with Crippen molar-refractivity contribution < 1.29 is 4.39 Å². The third kappa shape index (κ3) is 7.56. The van der Waals surface area contributed by atoms with Crippen LogP contribution in [0, 0.1) is 11.3 Å². The molecular formula is C20H27FN2. The lowest BCUT2D eigenvalue weighted by molar-refractivity contribution is 0.505. The van der Waals surface area contributed by atoms with Crippen molar-refractivity contribution in [3.05, 3.63) is 58.7 Å². The summed E-state index contributed by atoms with van der Waals surface area (Å²) in [6, 6.07) is 2.14. The summed E-state index contributed by atoms with van der Waals surface area (Å²) < 4.78 is 12.3. The van der Waals surface area contributed by atoms with Crippen molar-refractivity contribution >= 4 is 6.21 Å². The summed E-state index contributed by atoms with van der Waals surface area (Å²) in [5, 5.41) is 9.32. The highest BCUT2D eigenvalue weighted by molar-refractivity contribution is 5.88. The second-order valence-corrected chi connectivity index (χ2v) is 5.51. The highest BCUT2D eigenvalue weighted by Gasteiger charge is 2.09. The van der Waals surface area contributed by atoms with Gasteiger partial charge in [0.1, 0.15) is 6.67 Å². The van der Waals surface area contributed by atoms with Gasteiger partial charge in [-0.2, -0.15) is 5.26 Å². The average Bonchev–Trinajstić information content (AvgIpc) is 2.47. The van der Waals surface area contributed by atoms with E-state index in [1.54, 1.807) is 6.21 Å². The number of aliphatic imine (C=N–C) groups is 1. The van der Waals surface area contributed by atoms with Crippen LogP contribution in [0.15, 0.2) is 63.7 Å². The summed E-state index contributed by atoms with van der Waals surface area (Å²) in [5.41, 5.74) is 5.57. The Morgan fingerprint density at radius 2 is 1.96 bits per heavy atom. The maximum Gasteiger partial charge on any atom is 0.109 e. The van der Waals surface area contributed by atoms with Gasteiger partial charge in [-0.15, -0.1) is 0 Å². The Labute approximate surface area is 140 Å². The third-order valence-electron chi connectivity index (χ3n) is 3.25. The molecule has 0 N–H and O–H groups in total. The molecule has 0 saturated heterocycles. The Kier molecular flexibility index (Phi) is 10.3. The standard InChI is InChI=1S/C20H27FN2/c1-7-18(13-22)20(14-23-10-9-21)19(8-2)17(6)12-16(5)11-15(3)4/h7,12,14H,1,3,8-11H2,2,4-6H3/b16-12-,19-17+,20-18-,23-14-. The number of nitrogens with zero attached hydrogens (tertiary/aromatic N) is 2. The highest BCUT2D eigenvalue weighted by Crippen LogP contribution is 2.23. The van der Waals surface area contributed by atoms with E-state index >= 15 is 0 Å². The predicted molar refractivity (Wildman–Crippen MR) is 98.3 cm³/mol. The SMILES string of the molecule is C=C/C(C#N)=C(\C=N/CCF)C(/CC)=C(C)/C=C(/C)CC(=C)C. The lowest BCUT2D eigenvalue weighted by atomic mass is 9.93. The second-order valence-electron chi connectivity index (χ2n) is 5.51. The minimum atomic E-state index is -0.512. The summed E-state index contributed by atoms with van der Waals surface area (Å²) in [7, 11) is 0. The van der Waals surface area contributed by atoms with Crippen LogP contribution in [0.25, 0.3) is 0 Å². The molecule has 0 saturated carbocycles. The topological polar surface area (TPSA) is 36.1 Å². The van der Waals surface area contributed by atoms with Gasteiger partial charge in [0, 0.05) is 11.8 Å². The molecule has 0 aromatic heterocycles. The molecule has 0 aliphatic heterocycles. The molecule has 23 heavy (non-hydrogen) atoms. The van der Waals surface area contributed by atoms with Crippen LogP contribution in [0.5, 0.6) is 0 Å². The van der Waals surface area contributed by atoms with Crippen molar-refractivity contribution in [3.63, 3.8) is 0 Å². The van der Waals surface area contributed by atoms with E-state index in [2.05, 4.69) is 37.2 Å². The quantitative estimate of drug-likeness (QED) is 0.234. The van der Waals surface area contributed by atoms with Gasteiger partial charge in [0.25, 0.3) is 0 Å². The molecule has 0 fully saturated rings. The van der Waals surface area contributed by atoms with Gasteiger partial charge in [-0.1, -0.05) is 43.4 Å². The second kappa shape index (κ2) is 11.4. The van der Waals surface area contributed by atoms with Crippen molar-refractivity contribution in [3.8, 4) is 6.07 Å². The van der Waals surface area contributed by atoms with Crippen LogP contribution >= 0.6 is 0 Å². The molecule has 2 nitrogen and oxygen atoms in total. The van der Waals surface area contributed by atoms with Crippen LogP contribution in [0.3, 0.4) is 0 Å². The average molecular weight is 314 g/mol. The summed E-state index contributed by atoms with van der Waals surface area (Å²) in [4.78, 5) is 4.06. The van der Waals surface area contributed by atoms with E-state index in [-0.39, 0.29) is 6.54 Å². The molecule has 0 heterocycles. The van der Waals surface area contributed by atoms with Crippen LogP contribution in [0.4, 0.5) is 4.39 Å². The third-order valence-corrected chi connectivity index (χ3v) is 3.25. The van der Waals surface area contributed by atoms with E-state index in [0.717, 1.165) is 35.1 Å². The molecule has 0 amide bonds. The monoisotopic (exact) mass is 314 g/mol. The van der Waals surface area contributed by atoms with E-state index < -0.39 is 6.67 Å². The van der Waals surface area contributed by atoms with Gasteiger partial charge in [-0.3, -0.25) is 4.99 Å². The fraction of sp³-hybridized carbons (Fsp3) is 0.400. The maximum absolute atomic E-state index is 12.3. The zero-order valence-electron chi connectivity index (χ0n) is 14.7. The van der Waals surface area contributed by atoms with Gasteiger partial charge in [0.05, 0.1) is 18.2 Å². The molecule has 0 aliphatic rings. The first kappa shape index (κ1) is 20.8. The molecule has 0 spiro atoms. The predicted octanol–water partition coefficient (Wildman–Crippen LogP) is 5.67. The Bertz CT molecular complexity index is 596. The first-order valence-electron chi connectivity index (χ1n) is 7.75.